The summed E-state index contributed by atoms with van der Waals surface area (Å²) in [5.74, 6) is 0. The van der Waals surface area contributed by atoms with Crippen LogP contribution >= 0.6 is 0 Å². The Balaban J connectivity index is 1.81. The van der Waals surface area contributed by atoms with Gasteiger partial charge in [-0.1, -0.05) is 0 Å². The Morgan fingerprint density at radius 3 is 2.68 bits per heavy atom. The molecule has 0 saturated carbocycles. The van der Waals surface area contributed by atoms with Crippen molar-refractivity contribution < 1.29 is 9.53 Å². The van der Waals surface area contributed by atoms with E-state index >= 15 is 0 Å². The molecule has 0 bridgehead atoms. The number of allylic oxidation sites excluding steroid dienone is 1. The molecule has 0 aromatic heterocycles. The van der Waals surface area contributed by atoms with Crippen molar-refractivity contribution in [2.75, 3.05) is 24.2 Å². The van der Waals surface area contributed by atoms with E-state index < -0.39 is 0 Å². The minimum absolute atomic E-state index is 0.219. The van der Waals surface area contributed by atoms with Crippen LogP contribution in [0.25, 0.3) is 0 Å². The van der Waals surface area contributed by atoms with Crippen molar-refractivity contribution in [3.05, 3.63) is 36.6 Å². The predicted octanol–water partition coefficient (Wildman–Crippen LogP) is 2.54. The maximum absolute atomic E-state index is 11.1. The van der Waals surface area contributed by atoms with Crippen molar-refractivity contribution in [2.24, 2.45) is 0 Å². The Morgan fingerprint density at radius 2 is 2.05 bits per heavy atom. The monoisotopic (exact) mass is 261 g/mol. The number of rotatable bonds is 4. The first-order valence-corrected chi connectivity index (χ1v) is 6.41. The van der Waals surface area contributed by atoms with Gasteiger partial charge < -0.3 is 20.7 Å². The lowest BCUT2D eigenvalue weighted by molar-refractivity contribution is 0.135. The summed E-state index contributed by atoms with van der Waals surface area (Å²) >= 11 is 0. The zero-order chi connectivity index (χ0) is 13.5. The second-order valence-electron chi connectivity index (χ2n) is 4.37. The molecule has 1 aromatic rings. The van der Waals surface area contributed by atoms with Gasteiger partial charge in [0.2, 0.25) is 0 Å². The summed E-state index contributed by atoms with van der Waals surface area (Å²) < 4.78 is 5.48. The molecule has 0 aliphatic carbocycles. The average molecular weight is 261 g/mol. The highest BCUT2D eigenvalue weighted by Gasteiger charge is 2.10. The molecule has 102 valence electrons. The highest BCUT2D eigenvalue weighted by molar-refractivity contribution is 5.89. The molecule has 0 radical (unpaired) electrons. The van der Waals surface area contributed by atoms with Gasteiger partial charge in [0.15, 0.2) is 0 Å². The molecule has 5 nitrogen and oxygen atoms in total. The zero-order valence-corrected chi connectivity index (χ0v) is 11.0. The topological polar surface area (TPSA) is 62.4 Å². The summed E-state index contributed by atoms with van der Waals surface area (Å²) in [5, 5.41) is 8.54. The van der Waals surface area contributed by atoms with Crippen LogP contribution in [0.1, 0.15) is 12.8 Å². The normalized spacial score (nSPS) is 17.4. The van der Waals surface area contributed by atoms with Crippen molar-refractivity contribution in [3.8, 4) is 0 Å². The molecular weight excluding hydrogens is 242 g/mol. The number of nitrogens with one attached hydrogen (secondary N) is 3. The van der Waals surface area contributed by atoms with Crippen LogP contribution < -0.4 is 16.0 Å². The molecule has 0 fully saturated rings. The summed E-state index contributed by atoms with van der Waals surface area (Å²) in [6.45, 7) is 0.784. The molecule has 2 rings (SSSR count). The van der Waals surface area contributed by atoms with Gasteiger partial charge >= 0.3 is 6.03 Å². The molecule has 1 aromatic carbocycles. The zero-order valence-electron chi connectivity index (χ0n) is 11.0. The summed E-state index contributed by atoms with van der Waals surface area (Å²) in [7, 11) is 1.59. The summed E-state index contributed by atoms with van der Waals surface area (Å²) in [6, 6.07) is 7.37. The van der Waals surface area contributed by atoms with Crippen molar-refractivity contribution in [3.63, 3.8) is 0 Å². The van der Waals surface area contributed by atoms with E-state index in [0.717, 1.165) is 30.8 Å². The van der Waals surface area contributed by atoms with Crippen LogP contribution in [-0.4, -0.2) is 25.7 Å². The Morgan fingerprint density at radius 1 is 1.32 bits per heavy atom. The van der Waals surface area contributed by atoms with Crippen LogP contribution in [0.5, 0.6) is 0 Å². The van der Waals surface area contributed by atoms with Crippen LogP contribution in [0, 0.1) is 0 Å². The summed E-state index contributed by atoms with van der Waals surface area (Å²) in [6.07, 6.45) is 6.15. The highest BCUT2D eigenvalue weighted by atomic mass is 16.5. The molecule has 19 heavy (non-hydrogen) atoms. The fraction of sp³-hybridized carbons (Fsp3) is 0.357. The number of carbonyl (C=O) groups excluding carboxylic acids is 1. The second kappa shape index (κ2) is 6.68. The van der Waals surface area contributed by atoms with Gasteiger partial charge in [-0.3, -0.25) is 0 Å². The second-order valence-corrected chi connectivity index (χ2v) is 4.37. The number of hydrogen-bond acceptors (Lipinski definition) is 3. The molecule has 1 heterocycles. The summed E-state index contributed by atoms with van der Waals surface area (Å²) in [4.78, 5) is 11.1. The predicted molar refractivity (Wildman–Crippen MR) is 76.3 cm³/mol. The minimum atomic E-state index is -0.219. The van der Waals surface area contributed by atoms with Gasteiger partial charge in [0.25, 0.3) is 0 Å². The minimum Gasteiger partial charge on any atom is -0.497 e. The highest BCUT2D eigenvalue weighted by Crippen LogP contribution is 2.15. The van der Waals surface area contributed by atoms with E-state index in [4.69, 9.17) is 4.74 Å². The van der Waals surface area contributed by atoms with E-state index in [1.54, 1.807) is 13.3 Å². The fourth-order valence-corrected chi connectivity index (χ4v) is 1.83. The van der Waals surface area contributed by atoms with Gasteiger partial charge in [0, 0.05) is 18.4 Å². The summed E-state index contributed by atoms with van der Waals surface area (Å²) in [5.41, 5.74) is 1.78. The molecule has 2 amide bonds. The number of amides is 2. The first-order valence-electron chi connectivity index (χ1n) is 6.41. The maximum atomic E-state index is 11.1. The fourth-order valence-electron chi connectivity index (χ4n) is 1.83. The molecular formula is C14H19N3O2. The van der Waals surface area contributed by atoms with E-state index in [-0.39, 0.29) is 12.1 Å². The third kappa shape index (κ3) is 4.21. The Kier molecular flexibility index (Phi) is 4.66. The maximum Gasteiger partial charge on any atom is 0.318 e. The number of hydrogen-bond donors (Lipinski definition) is 3. The van der Waals surface area contributed by atoms with Crippen molar-refractivity contribution in [1.29, 1.82) is 0 Å². The van der Waals surface area contributed by atoms with Gasteiger partial charge in [0.1, 0.15) is 6.10 Å². The SMILES string of the molecule is CNC(=O)Nc1ccc(NCC2CCC=CO2)cc1. The Bertz CT molecular complexity index is 443. The Hall–Kier alpha value is -2.17. The smallest absolute Gasteiger partial charge is 0.318 e. The molecule has 1 atom stereocenters. The third-order valence-electron chi connectivity index (χ3n) is 2.93. The number of benzene rings is 1. The van der Waals surface area contributed by atoms with E-state index in [0.29, 0.717) is 0 Å². The van der Waals surface area contributed by atoms with E-state index in [2.05, 4.69) is 16.0 Å². The van der Waals surface area contributed by atoms with Crippen LogP contribution in [0.3, 0.4) is 0 Å². The van der Waals surface area contributed by atoms with E-state index in [1.165, 1.54) is 0 Å². The lowest BCUT2D eigenvalue weighted by Crippen LogP contribution is -2.24. The molecule has 0 spiro atoms. The Labute approximate surface area is 113 Å². The number of ether oxygens (including phenoxy) is 1. The van der Waals surface area contributed by atoms with Gasteiger partial charge in [-0.25, -0.2) is 4.79 Å². The van der Waals surface area contributed by atoms with Crippen LogP contribution in [0.4, 0.5) is 16.2 Å². The lowest BCUT2D eigenvalue weighted by Gasteiger charge is -2.20. The van der Waals surface area contributed by atoms with Crippen LogP contribution in [-0.2, 0) is 4.74 Å². The average Bonchev–Trinajstić information content (AvgIpc) is 2.47. The van der Waals surface area contributed by atoms with E-state index in [1.807, 2.05) is 30.3 Å². The van der Waals surface area contributed by atoms with Crippen molar-refractivity contribution in [1.82, 2.24) is 5.32 Å². The lowest BCUT2D eigenvalue weighted by atomic mass is 10.1. The van der Waals surface area contributed by atoms with Crippen LogP contribution in [0.15, 0.2) is 36.6 Å². The quantitative estimate of drug-likeness (QED) is 0.780. The van der Waals surface area contributed by atoms with E-state index in [9.17, 15) is 4.79 Å². The number of urea groups is 1. The molecule has 5 heteroatoms. The van der Waals surface area contributed by atoms with Gasteiger partial charge in [0.05, 0.1) is 12.8 Å². The number of anilines is 2. The molecule has 1 aliphatic heterocycles. The first-order chi connectivity index (χ1) is 9.28. The number of carbonyl (C=O) groups is 1. The van der Waals surface area contributed by atoms with Gasteiger partial charge in [-0.2, -0.15) is 0 Å². The molecule has 1 unspecified atom stereocenters. The third-order valence-corrected chi connectivity index (χ3v) is 2.93. The van der Waals surface area contributed by atoms with Gasteiger partial charge in [-0.05, 0) is 43.2 Å². The van der Waals surface area contributed by atoms with Gasteiger partial charge in [-0.15, -0.1) is 0 Å². The van der Waals surface area contributed by atoms with Crippen molar-refractivity contribution in [2.45, 2.75) is 18.9 Å². The van der Waals surface area contributed by atoms with Crippen molar-refractivity contribution >= 4 is 17.4 Å². The standard InChI is InChI=1S/C14H19N3O2/c1-15-14(18)17-12-7-5-11(6-8-12)16-10-13-4-2-3-9-19-13/h3,5-9,13,16H,2,4,10H2,1H3,(H2,15,17,18). The van der Waals surface area contributed by atoms with Crippen LogP contribution in [0.2, 0.25) is 0 Å². The molecule has 0 saturated heterocycles. The molecule has 3 N–H and O–H groups in total. The largest absolute Gasteiger partial charge is 0.497 e. The first kappa shape index (κ1) is 13.3. The molecule has 1 aliphatic rings.